The van der Waals surface area contributed by atoms with Crippen molar-refractivity contribution in [2.45, 2.75) is 32.1 Å². The Morgan fingerprint density at radius 2 is 2.12 bits per heavy atom. The maximum Gasteiger partial charge on any atom is 0.213 e. The van der Waals surface area contributed by atoms with Gasteiger partial charge in [-0.25, -0.2) is 8.42 Å². The maximum absolute atomic E-state index is 11.7. The number of nitrogens with one attached hydrogen (secondary N) is 1. The average molecular weight is 247 g/mol. The molecule has 92 valence electrons. The van der Waals surface area contributed by atoms with Gasteiger partial charge in [-0.15, -0.1) is 0 Å². The largest absolute Gasteiger partial charge is 0.343 e. The molecule has 0 aliphatic rings. The fourth-order valence-electron chi connectivity index (χ4n) is 0.983. The van der Waals surface area contributed by atoms with Crippen LogP contribution in [0.3, 0.4) is 0 Å². The number of aromatic nitrogens is 2. The third-order valence-electron chi connectivity index (χ3n) is 2.17. The van der Waals surface area contributed by atoms with E-state index in [2.05, 4.69) is 20.0 Å². The van der Waals surface area contributed by atoms with Gasteiger partial charge in [0.2, 0.25) is 6.39 Å². The summed E-state index contributed by atoms with van der Waals surface area (Å²) in [6.07, 6.45) is 1.24. The van der Waals surface area contributed by atoms with Gasteiger partial charge in [-0.2, -0.15) is 4.98 Å². The number of rotatable bonds is 5. The van der Waals surface area contributed by atoms with Crippen LogP contribution in [0, 0.1) is 0 Å². The number of sulfone groups is 1. The summed E-state index contributed by atoms with van der Waals surface area (Å²) >= 11 is 0. The first-order valence-corrected chi connectivity index (χ1v) is 6.66. The third kappa shape index (κ3) is 3.57. The van der Waals surface area contributed by atoms with Crippen LogP contribution in [0.1, 0.15) is 26.6 Å². The molecule has 0 saturated carbocycles. The predicted octanol–water partition coefficient (Wildman–Crippen LogP) is 0.372. The summed E-state index contributed by atoms with van der Waals surface area (Å²) in [4.78, 5) is 3.81. The highest BCUT2D eigenvalue weighted by Crippen LogP contribution is 2.15. The Morgan fingerprint density at radius 3 is 2.62 bits per heavy atom. The Kier molecular flexibility index (Phi) is 4.03. The van der Waals surface area contributed by atoms with E-state index in [1.165, 1.54) is 6.39 Å². The summed E-state index contributed by atoms with van der Waals surface area (Å²) in [5.74, 6) is 0.627. The van der Waals surface area contributed by atoms with Crippen molar-refractivity contribution >= 4 is 9.84 Å². The van der Waals surface area contributed by atoms with Crippen molar-refractivity contribution in [3.05, 3.63) is 12.2 Å². The number of hydrogen-bond acceptors (Lipinski definition) is 6. The lowest BCUT2D eigenvalue weighted by Crippen LogP contribution is -2.34. The minimum Gasteiger partial charge on any atom is -0.343 e. The zero-order valence-electron chi connectivity index (χ0n) is 9.73. The number of hydrogen-bond donors (Lipinski definition) is 1. The molecule has 0 spiro atoms. The first-order valence-electron chi connectivity index (χ1n) is 5.01. The van der Waals surface area contributed by atoms with Crippen LogP contribution >= 0.6 is 0 Å². The Balaban J connectivity index is 2.31. The highest BCUT2D eigenvalue weighted by atomic mass is 32.2. The fraction of sp³-hybridized carbons (Fsp3) is 0.778. The lowest BCUT2D eigenvalue weighted by Gasteiger charge is -2.18. The predicted molar refractivity (Wildman–Crippen MR) is 59.5 cm³/mol. The van der Waals surface area contributed by atoms with E-state index >= 15 is 0 Å². The molecule has 7 heteroatoms. The van der Waals surface area contributed by atoms with Crippen molar-refractivity contribution in [3.63, 3.8) is 0 Å². The molecule has 0 atom stereocenters. The Hall–Kier alpha value is -0.950. The smallest absolute Gasteiger partial charge is 0.213 e. The van der Waals surface area contributed by atoms with E-state index < -0.39 is 14.6 Å². The molecule has 1 heterocycles. The summed E-state index contributed by atoms with van der Waals surface area (Å²) in [5.41, 5.74) is 0. The molecule has 1 N–H and O–H groups in total. The van der Waals surface area contributed by atoms with E-state index in [1.54, 1.807) is 20.8 Å². The Morgan fingerprint density at radius 1 is 1.44 bits per heavy atom. The van der Waals surface area contributed by atoms with E-state index in [0.29, 0.717) is 18.9 Å². The van der Waals surface area contributed by atoms with Crippen molar-refractivity contribution in [1.29, 1.82) is 0 Å². The van der Waals surface area contributed by atoms with Gasteiger partial charge in [0.05, 0.1) is 17.0 Å². The molecule has 0 bridgehead atoms. The second-order valence-electron chi connectivity index (χ2n) is 4.46. The molecule has 1 aromatic heterocycles. The summed E-state index contributed by atoms with van der Waals surface area (Å²) < 4.78 is 27.3. The van der Waals surface area contributed by atoms with E-state index in [4.69, 9.17) is 0 Å². The van der Waals surface area contributed by atoms with Gasteiger partial charge in [-0.3, -0.25) is 0 Å². The van der Waals surface area contributed by atoms with Crippen LogP contribution in [-0.2, 0) is 16.4 Å². The van der Waals surface area contributed by atoms with Crippen LogP contribution in [-0.4, -0.2) is 35.6 Å². The highest BCUT2D eigenvalue weighted by Gasteiger charge is 2.27. The van der Waals surface area contributed by atoms with E-state index in [-0.39, 0.29) is 5.75 Å². The van der Waals surface area contributed by atoms with Crippen LogP contribution in [0.5, 0.6) is 0 Å². The normalized spacial score (nSPS) is 12.9. The van der Waals surface area contributed by atoms with E-state index in [1.807, 2.05) is 0 Å². The van der Waals surface area contributed by atoms with Crippen LogP contribution in [0.15, 0.2) is 10.9 Å². The average Bonchev–Trinajstić information content (AvgIpc) is 2.63. The van der Waals surface area contributed by atoms with Crippen LogP contribution in [0.2, 0.25) is 0 Å². The summed E-state index contributed by atoms with van der Waals surface area (Å²) in [7, 11) is -3.07. The van der Waals surface area contributed by atoms with Crippen molar-refractivity contribution in [1.82, 2.24) is 15.5 Å². The first kappa shape index (κ1) is 13.1. The molecule has 1 aromatic rings. The number of nitrogens with zero attached hydrogens (tertiary/aromatic N) is 2. The summed E-state index contributed by atoms with van der Waals surface area (Å²) in [6, 6.07) is 0. The lowest BCUT2D eigenvalue weighted by atomic mass is 10.3. The SMILES string of the molecule is CC(C)(C)S(=O)(=O)CCNCc1ncon1. The van der Waals surface area contributed by atoms with Crippen LogP contribution in [0.4, 0.5) is 0 Å². The second kappa shape index (κ2) is 4.92. The van der Waals surface area contributed by atoms with Crippen LogP contribution in [0.25, 0.3) is 0 Å². The summed E-state index contributed by atoms with van der Waals surface area (Å²) in [5, 5.41) is 6.55. The molecule has 1 rings (SSSR count). The summed E-state index contributed by atoms with van der Waals surface area (Å²) in [6.45, 7) is 5.88. The molecule has 0 amide bonds. The van der Waals surface area contributed by atoms with Crippen LogP contribution < -0.4 is 5.32 Å². The van der Waals surface area contributed by atoms with Crippen molar-refractivity contribution in [3.8, 4) is 0 Å². The molecule has 0 aromatic carbocycles. The van der Waals surface area contributed by atoms with Gasteiger partial charge >= 0.3 is 0 Å². The molecule has 6 nitrogen and oxygen atoms in total. The molecular formula is C9H17N3O3S. The Bertz CT molecular complexity index is 406. The van der Waals surface area contributed by atoms with E-state index in [0.717, 1.165) is 0 Å². The molecule has 0 unspecified atom stereocenters. The molecule has 0 aliphatic carbocycles. The van der Waals surface area contributed by atoms with Crippen molar-refractivity contribution in [2.24, 2.45) is 0 Å². The minimum atomic E-state index is -3.07. The van der Waals surface area contributed by atoms with Gasteiger partial charge in [-0.1, -0.05) is 5.16 Å². The molecule has 0 aliphatic heterocycles. The van der Waals surface area contributed by atoms with Gasteiger partial charge < -0.3 is 9.84 Å². The third-order valence-corrected chi connectivity index (χ3v) is 4.78. The molecule has 0 radical (unpaired) electrons. The first-order chi connectivity index (χ1) is 7.33. The molecule has 16 heavy (non-hydrogen) atoms. The Labute approximate surface area is 95.3 Å². The topological polar surface area (TPSA) is 85.1 Å². The quantitative estimate of drug-likeness (QED) is 0.757. The van der Waals surface area contributed by atoms with Gasteiger partial charge in [0.1, 0.15) is 0 Å². The zero-order chi connectivity index (χ0) is 12.2. The second-order valence-corrected chi connectivity index (χ2v) is 7.32. The molecular weight excluding hydrogens is 230 g/mol. The standard InChI is InChI=1S/C9H17N3O3S/c1-9(2,3)16(13,14)5-4-10-6-8-11-7-15-12-8/h7,10H,4-6H2,1-3H3. The zero-order valence-corrected chi connectivity index (χ0v) is 10.5. The fourth-order valence-corrected chi connectivity index (χ4v) is 2.01. The molecule has 0 saturated heterocycles. The van der Waals surface area contributed by atoms with Crippen molar-refractivity contribution < 1.29 is 12.9 Å². The minimum absolute atomic E-state index is 0.106. The van der Waals surface area contributed by atoms with Gasteiger partial charge in [0.15, 0.2) is 15.7 Å². The van der Waals surface area contributed by atoms with Gasteiger partial charge in [0, 0.05) is 6.54 Å². The monoisotopic (exact) mass is 247 g/mol. The lowest BCUT2D eigenvalue weighted by molar-refractivity contribution is 0.407. The maximum atomic E-state index is 11.7. The van der Waals surface area contributed by atoms with Gasteiger partial charge in [0.25, 0.3) is 0 Å². The highest BCUT2D eigenvalue weighted by molar-refractivity contribution is 7.92. The molecule has 0 fully saturated rings. The van der Waals surface area contributed by atoms with E-state index in [9.17, 15) is 8.42 Å². The van der Waals surface area contributed by atoms with Gasteiger partial charge in [-0.05, 0) is 20.8 Å². The van der Waals surface area contributed by atoms with Crippen molar-refractivity contribution in [2.75, 3.05) is 12.3 Å².